The topological polar surface area (TPSA) is 54.9 Å². The van der Waals surface area contributed by atoms with Crippen LogP contribution in [0.5, 0.6) is 0 Å². The predicted octanol–water partition coefficient (Wildman–Crippen LogP) is 4.97. The van der Waals surface area contributed by atoms with Gasteiger partial charge < -0.3 is 5.32 Å². The van der Waals surface area contributed by atoms with Crippen LogP contribution in [0.25, 0.3) is 10.6 Å². The lowest BCUT2D eigenvalue weighted by atomic mass is 10.1. The van der Waals surface area contributed by atoms with Gasteiger partial charge in [-0.2, -0.15) is 0 Å². The average Bonchev–Trinajstić information content (AvgIpc) is 2.97. The summed E-state index contributed by atoms with van der Waals surface area (Å²) in [5.74, 6) is -0.179. The van der Waals surface area contributed by atoms with Crippen LogP contribution in [-0.2, 0) is 0 Å². The number of hydrogen-bond acceptors (Lipinski definition) is 4. The Morgan fingerprint density at radius 1 is 1.20 bits per heavy atom. The Labute approximate surface area is 155 Å². The van der Waals surface area contributed by atoms with Crippen LogP contribution < -0.4 is 5.32 Å². The molecule has 0 spiro atoms. The van der Waals surface area contributed by atoms with Gasteiger partial charge >= 0.3 is 0 Å². The minimum Gasteiger partial charge on any atom is -0.345 e. The summed E-state index contributed by atoms with van der Waals surface area (Å²) in [6, 6.07) is 11.3. The van der Waals surface area contributed by atoms with Gasteiger partial charge in [-0.3, -0.25) is 4.79 Å². The number of halogens is 1. The van der Waals surface area contributed by atoms with Crippen molar-refractivity contribution in [2.24, 2.45) is 0 Å². The zero-order valence-electron chi connectivity index (χ0n) is 14.2. The van der Waals surface area contributed by atoms with Crippen molar-refractivity contribution >= 4 is 28.8 Å². The molecule has 4 nitrogen and oxygen atoms in total. The maximum atomic E-state index is 12.4. The average molecular weight is 372 g/mol. The third-order valence-corrected chi connectivity index (χ3v) is 5.46. The van der Waals surface area contributed by atoms with E-state index in [1.54, 1.807) is 23.5 Å². The zero-order valence-corrected chi connectivity index (χ0v) is 15.8. The molecule has 0 aliphatic carbocycles. The van der Waals surface area contributed by atoms with Crippen LogP contribution in [0.2, 0.25) is 5.15 Å². The first-order chi connectivity index (χ1) is 11.9. The highest BCUT2D eigenvalue weighted by molar-refractivity contribution is 7.15. The van der Waals surface area contributed by atoms with Crippen LogP contribution >= 0.6 is 22.9 Å². The number of pyridine rings is 1. The summed E-state index contributed by atoms with van der Waals surface area (Å²) in [6.07, 6.45) is 1.52. The van der Waals surface area contributed by atoms with E-state index in [9.17, 15) is 4.79 Å². The van der Waals surface area contributed by atoms with E-state index < -0.39 is 0 Å². The molecule has 6 heteroatoms. The number of aromatic nitrogens is 2. The van der Waals surface area contributed by atoms with Crippen LogP contribution in [0.15, 0.2) is 42.6 Å². The van der Waals surface area contributed by atoms with Gasteiger partial charge in [-0.15, -0.1) is 11.3 Å². The fourth-order valence-electron chi connectivity index (χ4n) is 2.52. The number of nitrogens with zero attached hydrogens (tertiary/aromatic N) is 2. The van der Waals surface area contributed by atoms with Crippen LogP contribution in [-0.4, -0.2) is 15.9 Å². The smallest absolute Gasteiger partial charge is 0.251 e. The molecule has 1 atom stereocenters. The second-order valence-electron chi connectivity index (χ2n) is 5.90. The lowest BCUT2D eigenvalue weighted by Gasteiger charge is -2.13. The number of nitrogens with one attached hydrogen (secondary N) is 1. The predicted molar refractivity (Wildman–Crippen MR) is 102 cm³/mol. The fraction of sp³-hybridized carbons (Fsp3) is 0.211. The Morgan fingerprint density at radius 2 is 1.92 bits per heavy atom. The standard InChI is InChI=1S/C19H18ClN3OS/c1-11-4-6-14(7-5-11)19-23-13(3)17(25-19)12(2)22-18(24)15-8-9-21-16(20)10-15/h4-10,12H,1-3H3,(H,22,24). The highest BCUT2D eigenvalue weighted by atomic mass is 35.5. The SMILES string of the molecule is Cc1ccc(-c2nc(C)c(C(C)NC(=O)c3ccnc(Cl)c3)s2)cc1. The van der Waals surface area contributed by atoms with E-state index in [1.807, 2.05) is 13.8 Å². The van der Waals surface area contributed by atoms with Gasteiger partial charge in [-0.05, 0) is 32.9 Å². The van der Waals surface area contributed by atoms with Crippen molar-refractivity contribution in [3.63, 3.8) is 0 Å². The van der Waals surface area contributed by atoms with Crippen molar-refractivity contribution in [2.75, 3.05) is 0 Å². The molecular formula is C19H18ClN3OS. The summed E-state index contributed by atoms with van der Waals surface area (Å²) >= 11 is 7.45. The summed E-state index contributed by atoms with van der Waals surface area (Å²) in [4.78, 5) is 22.0. The van der Waals surface area contributed by atoms with Crippen molar-refractivity contribution in [3.05, 3.63) is 69.4 Å². The van der Waals surface area contributed by atoms with Gasteiger partial charge in [0.1, 0.15) is 10.2 Å². The molecule has 25 heavy (non-hydrogen) atoms. The molecule has 1 aromatic carbocycles. The van der Waals surface area contributed by atoms with E-state index in [-0.39, 0.29) is 11.9 Å². The van der Waals surface area contributed by atoms with Gasteiger partial charge in [0.05, 0.1) is 16.6 Å². The number of benzene rings is 1. The number of amides is 1. The van der Waals surface area contributed by atoms with Crippen molar-refractivity contribution in [1.29, 1.82) is 0 Å². The third kappa shape index (κ3) is 4.06. The van der Waals surface area contributed by atoms with Gasteiger partial charge in [0.15, 0.2) is 0 Å². The van der Waals surface area contributed by atoms with Gasteiger partial charge in [-0.1, -0.05) is 41.4 Å². The largest absolute Gasteiger partial charge is 0.345 e. The van der Waals surface area contributed by atoms with Crippen molar-refractivity contribution in [3.8, 4) is 10.6 Å². The summed E-state index contributed by atoms with van der Waals surface area (Å²) in [5, 5.41) is 4.26. The molecule has 128 valence electrons. The highest BCUT2D eigenvalue weighted by Crippen LogP contribution is 2.32. The fourth-order valence-corrected chi connectivity index (χ4v) is 3.77. The molecule has 0 fully saturated rings. The molecule has 0 aliphatic rings. The van der Waals surface area contributed by atoms with E-state index in [1.165, 1.54) is 11.8 Å². The van der Waals surface area contributed by atoms with E-state index in [2.05, 4.69) is 46.5 Å². The Bertz CT molecular complexity index is 905. The molecule has 0 bridgehead atoms. The molecule has 1 amide bonds. The maximum Gasteiger partial charge on any atom is 0.251 e. The molecule has 3 rings (SSSR count). The number of hydrogen-bond donors (Lipinski definition) is 1. The number of thiazole rings is 1. The maximum absolute atomic E-state index is 12.4. The molecule has 0 saturated heterocycles. The third-order valence-electron chi connectivity index (χ3n) is 3.86. The minimum absolute atomic E-state index is 0.142. The van der Waals surface area contributed by atoms with Crippen LogP contribution in [0, 0.1) is 13.8 Å². The van der Waals surface area contributed by atoms with E-state index in [0.717, 1.165) is 21.1 Å². The van der Waals surface area contributed by atoms with E-state index in [0.29, 0.717) is 10.7 Å². The second kappa shape index (κ2) is 7.33. The van der Waals surface area contributed by atoms with Gasteiger partial charge in [0.2, 0.25) is 0 Å². The molecule has 0 saturated carbocycles. The monoisotopic (exact) mass is 371 g/mol. The molecule has 1 N–H and O–H groups in total. The molecule has 0 aliphatic heterocycles. The van der Waals surface area contributed by atoms with Crippen LogP contribution in [0.4, 0.5) is 0 Å². The van der Waals surface area contributed by atoms with Crippen LogP contribution in [0.3, 0.4) is 0 Å². The van der Waals surface area contributed by atoms with Crippen molar-refractivity contribution in [2.45, 2.75) is 26.8 Å². The number of rotatable bonds is 4. The molecule has 0 radical (unpaired) electrons. The summed E-state index contributed by atoms with van der Waals surface area (Å²) in [6.45, 7) is 5.99. The number of carbonyl (C=O) groups excluding carboxylic acids is 1. The van der Waals surface area contributed by atoms with Crippen LogP contribution in [0.1, 0.15) is 39.5 Å². The molecule has 3 aromatic rings. The lowest BCUT2D eigenvalue weighted by molar-refractivity contribution is 0.0940. The van der Waals surface area contributed by atoms with Crippen molar-refractivity contribution in [1.82, 2.24) is 15.3 Å². The summed E-state index contributed by atoms with van der Waals surface area (Å²) in [7, 11) is 0. The number of carbonyl (C=O) groups is 1. The lowest BCUT2D eigenvalue weighted by Crippen LogP contribution is -2.26. The molecule has 2 heterocycles. The molecule has 1 unspecified atom stereocenters. The Hall–Kier alpha value is -2.24. The quantitative estimate of drug-likeness (QED) is 0.659. The molecule has 2 aromatic heterocycles. The van der Waals surface area contributed by atoms with E-state index >= 15 is 0 Å². The minimum atomic E-state index is -0.179. The first kappa shape index (κ1) is 17.6. The second-order valence-corrected chi connectivity index (χ2v) is 7.31. The van der Waals surface area contributed by atoms with Gasteiger partial charge in [0, 0.05) is 17.3 Å². The Kier molecular flexibility index (Phi) is 5.16. The first-order valence-electron chi connectivity index (χ1n) is 7.91. The Balaban J connectivity index is 1.79. The first-order valence-corrected chi connectivity index (χ1v) is 9.10. The summed E-state index contributed by atoms with van der Waals surface area (Å²) in [5.41, 5.74) is 3.73. The normalized spacial score (nSPS) is 12.0. The molecular weight excluding hydrogens is 354 g/mol. The summed E-state index contributed by atoms with van der Waals surface area (Å²) < 4.78 is 0. The van der Waals surface area contributed by atoms with Gasteiger partial charge in [0.25, 0.3) is 5.91 Å². The highest BCUT2D eigenvalue weighted by Gasteiger charge is 2.18. The van der Waals surface area contributed by atoms with Crippen molar-refractivity contribution < 1.29 is 4.79 Å². The van der Waals surface area contributed by atoms with Gasteiger partial charge in [-0.25, -0.2) is 9.97 Å². The Morgan fingerprint density at radius 3 is 2.60 bits per heavy atom. The number of aryl methyl sites for hydroxylation is 2. The zero-order chi connectivity index (χ0) is 18.0. The van der Waals surface area contributed by atoms with E-state index in [4.69, 9.17) is 11.6 Å².